The van der Waals surface area contributed by atoms with Gasteiger partial charge in [0.1, 0.15) is 0 Å². The van der Waals surface area contributed by atoms with Crippen LogP contribution in [0, 0.1) is 11.8 Å². The van der Waals surface area contributed by atoms with Crippen molar-refractivity contribution in [3.8, 4) is 0 Å². The lowest BCUT2D eigenvalue weighted by Gasteiger charge is -2.13. The van der Waals surface area contributed by atoms with Crippen molar-refractivity contribution in [2.45, 2.75) is 25.3 Å². The number of carbonyl (C=O) groups excluding carboxylic acids is 1. The third kappa shape index (κ3) is 2.03. The van der Waals surface area contributed by atoms with E-state index >= 15 is 0 Å². The summed E-state index contributed by atoms with van der Waals surface area (Å²) in [6.45, 7) is 2.44. The van der Waals surface area contributed by atoms with Crippen LogP contribution < -0.4 is 10.6 Å². The van der Waals surface area contributed by atoms with E-state index in [1.54, 1.807) is 0 Å². The Morgan fingerprint density at radius 1 is 1.35 bits per heavy atom. The fourth-order valence-corrected chi connectivity index (χ4v) is 4.47. The number of aromatic amines is 1. The molecule has 1 saturated carbocycles. The molecule has 3 atom stereocenters. The SMILES string of the molecule is O=C(NCC1C2Cc3ccccc3C12)c1n[nH]c2c1CNCC2. The van der Waals surface area contributed by atoms with Gasteiger partial charge in [-0.25, -0.2) is 0 Å². The molecule has 1 amide bonds. The molecular weight excluding hydrogens is 288 g/mol. The normalized spacial score (nSPS) is 27.0. The largest absolute Gasteiger partial charge is 0.350 e. The molecule has 2 heterocycles. The second kappa shape index (κ2) is 4.93. The predicted molar refractivity (Wildman–Crippen MR) is 86.2 cm³/mol. The van der Waals surface area contributed by atoms with Crippen LogP contribution >= 0.6 is 0 Å². The number of rotatable bonds is 3. The second-order valence-corrected chi connectivity index (χ2v) is 6.92. The van der Waals surface area contributed by atoms with Gasteiger partial charge in [-0.2, -0.15) is 5.10 Å². The lowest BCUT2D eigenvalue weighted by Crippen LogP contribution is -2.30. The summed E-state index contributed by atoms with van der Waals surface area (Å²) < 4.78 is 0. The fourth-order valence-electron chi connectivity index (χ4n) is 4.47. The molecule has 1 aliphatic heterocycles. The van der Waals surface area contributed by atoms with Crippen LogP contribution in [0.1, 0.15) is 38.8 Å². The quantitative estimate of drug-likeness (QED) is 0.802. The lowest BCUT2D eigenvalue weighted by atomic mass is 10.0. The van der Waals surface area contributed by atoms with E-state index in [2.05, 4.69) is 45.1 Å². The third-order valence-corrected chi connectivity index (χ3v) is 5.72. The Balaban J connectivity index is 1.25. The average Bonchev–Trinajstić information content (AvgIpc) is 2.96. The van der Waals surface area contributed by atoms with E-state index < -0.39 is 0 Å². The standard InChI is InChI=1S/C18H20N4O/c23-18(17-14-8-19-6-5-15(14)21-22-17)20-9-13-12-7-10-3-1-2-4-11(10)16(12)13/h1-4,12-13,16,19H,5-9H2,(H,20,23)(H,21,22). The summed E-state index contributed by atoms with van der Waals surface area (Å²) in [7, 11) is 0. The molecule has 0 saturated heterocycles. The van der Waals surface area contributed by atoms with Crippen LogP contribution in [0.4, 0.5) is 0 Å². The first-order valence-electron chi connectivity index (χ1n) is 8.46. The molecule has 1 aromatic heterocycles. The van der Waals surface area contributed by atoms with Crippen molar-refractivity contribution in [2.24, 2.45) is 11.8 Å². The van der Waals surface area contributed by atoms with Gasteiger partial charge < -0.3 is 10.6 Å². The Kier molecular flexibility index (Phi) is 2.85. The van der Waals surface area contributed by atoms with Gasteiger partial charge in [-0.15, -0.1) is 0 Å². The first-order valence-corrected chi connectivity index (χ1v) is 8.46. The van der Waals surface area contributed by atoms with Crippen molar-refractivity contribution in [2.75, 3.05) is 13.1 Å². The van der Waals surface area contributed by atoms with Crippen molar-refractivity contribution in [1.82, 2.24) is 20.8 Å². The van der Waals surface area contributed by atoms with Crippen LogP contribution in [-0.2, 0) is 19.4 Å². The number of nitrogens with zero attached hydrogens (tertiary/aromatic N) is 1. The first-order chi connectivity index (χ1) is 11.3. The molecule has 5 nitrogen and oxygen atoms in total. The van der Waals surface area contributed by atoms with Crippen molar-refractivity contribution < 1.29 is 4.79 Å². The molecule has 5 rings (SSSR count). The van der Waals surface area contributed by atoms with Gasteiger partial charge in [-0.3, -0.25) is 9.89 Å². The summed E-state index contributed by atoms with van der Waals surface area (Å²) in [5.41, 5.74) is 5.70. The van der Waals surface area contributed by atoms with Crippen molar-refractivity contribution >= 4 is 5.91 Å². The molecule has 3 N–H and O–H groups in total. The third-order valence-electron chi connectivity index (χ3n) is 5.72. The zero-order valence-electron chi connectivity index (χ0n) is 12.9. The topological polar surface area (TPSA) is 69.8 Å². The van der Waals surface area contributed by atoms with Gasteiger partial charge in [-0.1, -0.05) is 24.3 Å². The van der Waals surface area contributed by atoms with Crippen LogP contribution in [0.25, 0.3) is 0 Å². The highest BCUT2D eigenvalue weighted by molar-refractivity contribution is 5.94. The summed E-state index contributed by atoms with van der Waals surface area (Å²) in [4.78, 5) is 12.5. The van der Waals surface area contributed by atoms with Gasteiger partial charge in [0, 0.05) is 37.3 Å². The summed E-state index contributed by atoms with van der Waals surface area (Å²) in [6, 6.07) is 8.73. The van der Waals surface area contributed by atoms with Gasteiger partial charge >= 0.3 is 0 Å². The predicted octanol–water partition coefficient (Wildman–Crippen LogP) is 1.37. The average molecular weight is 308 g/mol. The van der Waals surface area contributed by atoms with Crippen LogP contribution in [0.5, 0.6) is 0 Å². The molecule has 2 aliphatic carbocycles. The van der Waals surface area contributed by atoms with E-state index in [-0.39, 0.29) is 5.91 Å². The number of H-pyrrole nitrogens is 1. The molecule has 118 valence electrons. The van der Waals surface area contributed by atoms with E-state index in [0.717, 1.165) is 43.2 Å². The van der Waals surface area contributed by atoms with Gasteiger partial charge in [0.15, 0.2) is 5.69 Å². The summed E-state index contributed by atoms with van der Waals surface area (Å²) in [6.07, 6.45) is 2.09. The number of hydrogen-bond acceptors (Lipinski definition) is 3. The Bertz CT molecular complexity index is 781. The van der Waals surface area contributed by atoms with Gasteiger partial charge in [-0.05, 0) is 35.3 Å². The van der Waals surface area contributed by atoms with E-state index in [9.17, 15) is 4.79 Å². The minimum Gasteiger partial charge on any atom is -0.350 e. The minimum atomic E-state index is -0.0375. The molecule has 3 aliphatic rings. The molecule has 5 heteroatoms. The van der Waals surface area contributed by atoms with Crippen LogP contribution in [-0.4, -0.2) is 29.2 Å². The van der Waals surface area contributed by atoms with Crippen LogP contribution in [0.3, 0.4) is 0 Å². The number of fused-ring (bicyclic) bond motifs is 4. The highest BCUT2D eigenvalue weighted by atomic mass is 16.1. The second-order valence-electron chi connectivity index (χ2n) is 6.92. The molecule has 1 aromatic carbocycles. The zero-order valence-corrected chi connectivity index (χ0v) is 12.9. The van der Waals surface area contributed by atoms with Gasteiger partial charge in [0.05, 0.1) is 0 Å². The first kappa shape index (κ1) is 13.3. The molecular formula is C18H20N4O. The summed E-state index contributed by atoms with van der Waals surface area (Å²) in [5.74, 6) is 1.94. The van der Waals surface area contributed by atoms with Crippen LogP contribution in [0.2, 0.25) is 0 Å². The maximum absolute atomic E-state index is 12.5. The molecule has 2 aromatic rings. The van der Waals surface area contributed by atoms with Crippen molar-refractivity contribution in [3.05, 3.63) is 52.3 Å². The van der Waals surface area contributed by atoms with Crippen LogP contribution in [0.15, 0.2) is 24.3 Å². The lowest BCUT2D eigenvalue weighted by molar-refractivity contribution is 0.0945. The van der Waals surface area contributed by atoms with Crippen molar-refractivity contribution in [3.63, 3.8) is 0 Å². The highest BCUT2D eigenvalue weighted by Gasteiger charge is 2.55. The smallest absolute Gasteiger partial charge is 0.272 e. The highest BCUT2D eigenvalue weighted by Crippen LogP contribution is 2.60. The van der Waals surface area contributed by atoms with Crippen molar-refractivity contribution in [1.29, 1.82) is 0 Å². The number of hydrogen-bond donors (Lipinski definition) is 3. The minimum absolute atomic E-state index is 0.0375. The monoisotopic (exact) mass is 308 g/mol. The number of amides is 1. The molecule has 1 fully saturated rings. The molecule has 0 spiro atoms. The van der Waals surface area contributed by atoms with E-state index in [0.29, 0.717) is 17.5 Å². The Morgan fingerprint density at radius 2 is 2.26 bits per heavy atom. The Labute approximate surface area is 134 Å². The summed E-state index contributed by atoms with van der Waals surface area (Å²) >= 11 is 0. The zero-order chi connectivity index (χ0) is 15.4. The number of benzene rings is 1. The van der Waals surface area contributed by atoms with E-state index in [1.807, 2.05) is 0 Å². The van der Waals surface area contributed by atoms with Gasteiger partial charge in [0.25, 0.3) is 5.91 Å². The van der Waals surface area contributed by atoms with E-state index in [1.165, 1.54) is 17.5 Å². The molecule has 3 unspecified atom stereocenters. The number of nitrogens with one attached hydrogen (secondary N) is 3. The van der Waals surface area contributed by atoms with Gasteiger partial charge in [0.2, 0.25) is 0 Å². The fraction of sp³-hybridized carbons (Fsp3) is 0.444. The Morgan fingerprint density at radius 3 is 3.22 bits per heavy atom. The number of aromatic nitrogens is 2. The maximum atomic E-state index is 12.5. The number of carbonyl (C=O) groups is 1. The molecule has 0 bridgehead atoms. The summed E-state index contributed by atoms with van der Waals surface area (Å²) in [5, 5.41) is 13.6. The van der Waals surface area contributed by atoms with E-state index in [4.69, 9.17) is 0 Å². The maximum Gasteiger partial charge on any atom is 0.272 e. The molecule has 0 radical (unpaired) electrons. The molecule has 23 heavy (non-hydrogen) atoms. The Hall–Kier alpha value is -2.14.